The van der Waals surface area contributed by atoms with E-state index in [4.69, 9.17) is 4.42 Å². The van der Waals surface area contributed by atoms with Crippen molar-refractivity contribution in [2.24, 2.45) is 0 Å². The number of furan rings is 1. The van der Waals surface area contributed by atoms with Gasteiger partial charge in [0.05, 0.1) is 12.8 Å². The molecule has 1 aromatic heterocycles. The zero-order valence-electron chi connectivity index (χ0n) is 8.81. The Kier molecular flexibility index (Phi) is 3.49. The second kappa shape index (κ2) is 4.86. The molecule has 0 aliphatic carbocycles. The fraction of sp³-hybridized carbons (Fsp3) is 0.545. The first kappa shape index (κ1) is 10.8. The van der Waals surface area contributed by atoms with E-state index in [1.54, 1.807) is 18.4 Å². The van der Waals surface area contributed by atoms with Crippen LogP contribution in [0.2, 0.25) is 0 Å². The predicted octanol–water partition coefficient (Wildman–Crippen LogP) is 1.90. The average molecular weight is 225 g/mol. The van der Waals surface area contributed by atoms with Gasteiger partial charge < -0.3 is 4.42 Å². The highest BCUT2D eigenvalue weighted by Gasteiger charge is 2.22. The maximum Gasteiger partial charge on any atom is 0.211 e. The van der Waals surface area contributed by atoms with Crippen molar-refractivity contribution in [2.75, 3.05) is 25.1 Å². The number of carbonyl (C=O) groups is 1. The van der Waals surface area contributed by atoms with Crippen LogP contribution in [-0.4, -0.2) is 41.8 Å². The number of hydrogen-bond acceptors (Lipinski definition) is 4. The molecule has 2 rings (SSSR count). The molecule has 0 aromatic carbocycles. The fourth-order valence-electron chi connectivity index (χ4n) is 1.74. The third-order valence-corrected chi connectivity index (χ3v) is 3.86. The Bertz CT molecular complexity index is 317. The summed E-state index contributed by atoms with van der Waals surface area (Å²) in [5.41, 5.74) is 0. The Morgan fingerprint density at radius 1 is 1.73 bits per heavy atom. The van der Waals surface area contributed by atoms with Gasteiger partial charge in [-0.05, 0) is 31.4 Å². The number of rotatable bonds is 4. The molecular weight excluding hydrogens is 210 g/mol. The van der Waals surface area contributed by atoms with Crippen LogP contribution in [0.25, 0.3) is 0 Å². The molecule has 1 aliphatic rings. The average Bonchev–Trinajstić information content (AvgIpc) is 2.91. The summed E-state index contributed by atoms with van der Waals surface area (Å²) in [6.45, 7) is 0.457. The molecule has 1 fully saturated rings. The van der Waals surface area contributed by atoms with E-state index >= 15 is 0 Å². The lowest BCUT2D eigenvalue weighted by Crippen LogP contribution is -2.35. The van der Waals surface area contributed by atoms with Gasteiger partial charge in [0.15, 0.2) is 5.76 Å². The van der Waals surface area contributed by atoms with Crippen molar-refractivity contribution in [3.05, 3.63) is 24.2 Å². The van der Waals surface area contributed by atoms with Crippen LogP contribution in [0.1, 0.15) is 17.0 Å². The number of likely N-dealkylation sites (N-methyl/N-ethyl adjacent to an activating group) is 1. The lowest BCUT2D eigenvalue weighted by Gasteiger charge is -2.21. The van der Waals surface area contributed by atoms with Gasteiger partial charge in [-0.1, -0.05) is 0 Å². The normalized spacial score (nSPS) is 21.1. The zero-order valence-corrected chi connectivity index (χ0v) is 9.63. The first-order valence-corrected chi connectivity index (χ1v) is 6.27. The van der Waals surface area contributed by atoms with Gasteiger partial charge in [-0.2, -0.15) is 11.8 Å². The summed E-state index contributed by atoms with van der Waals surface area (Å²) < 4.78 is 5.08. The lowest BCUT2D eigenvalue weighted by atomic mass is 10.2. The molecule has 82 valence electrons. The van der Waals surface area contributed by atoms with Crippen LogP contribution in [0.5, 0.6) is 0 Å². The van der Waals surface area contributed by atoms with Gasteiger partial charge >= 0.3 is 0 Å². The molecule has 0 N–H and O–H groups in total. The monoisotopic (exact) mass is 225 g/mol. The van der Waals surface area contributed by atoms with Gasteiger partial charge in [0.1, 0.15) is 0 Å². The molecule has 0 amide bonds. The number of hydrogen-bond donors (Lipinski definition) is 0. The first-order valence-electron chi connectivity index (χ1n) is 5.12. The van der Waals surface area contributed by atoms with Gasteiger partial charge in [-0.15, -0.1) is 0 Å². The minimum absolute atomic E-state index is 0.0689. The molecule has 1 saturated heterocycles. The van der Waals surface area contributed by atoms with E-state index < -0.39 is 0 Å². The van der Waals surface area contributed by atoms with Gasteiger partial charge in [-0.3, -0.25) is 9.69 Å². The van der Waals surface area contributed by atoms with Crippen molar-refractivity contribution >= 4 is 17.5 Å². The molecule has 0 radical (unpaired) electrons. The molecule has 1 atom stereocenters. The number of thioether (sulfide) groups is 1. The van der Waals surface area contributed by atoms with E-state index in [1.165, 1.54) is 12.2 Å². The minimum Gasteiger partial charge on any atom is -0.461 e. The first-order chi connectivity index (χ1) is 7.27. The molecule has 1 aromatic rings. The standard InChI is InChI=1S/C11H15NO2S/c1-12(9-4-6-15-8-9)7-10(13)11-3-2-5-14-11/h2-3,5,9H,4,6-8H2,1H3. The van der Waals surface area contributed by atoms with Crippen molar-refractivity contribution < 1.29 is 9.21 Å². The number of ketones is 1. The van der Waals surface area contributed by atoms with Crippen molar-refractivity contribution in [3.63, 3.8) is 0 Å². The molecule has 2 heterocycles. The maximum atomic E-state index is 11.7. The molecule has 1 unspecified atom stereocenters. The van der Waals surface area contributed by atoms with E-state index in [0.29, 0.717) is 18.3 Å². The largest absolute Gasteiger partial charge is 0.461 e. The Labute approximate surface area is 93.8 Å². The molecule has 15 heavy (non-hydrogen) atoms. The van der Waals surface area contributed by atoms with Gasteiger partial charge in [0.2, 0.25) is 5.78 Å². The van der Waals surface area contributed by atoms with Crippen LogP contribution in [0.15, 0.2) is 22.8 Å². The molecule has 4 heteroatoms. The van der Waals surface area contributed by atoms with Gasteiger partial charge in [-0.25, -0.2) is 0 Å². The van der Waals surface area contributed by atoms with Crippen LogP contribution >= 0.6 is 11.8 Å². The molecular formula is C11H15NO2S. The number of carbonyl (C=O) groups excluding carboxylic acids is 1. The third-order valence-electron chi connectivity index (χ3n) is 2.72. The smallest absolute Gasteiger partial charge is 0.211 e. The zero-order chi connectivity index (χ0) is 10.7. The highest BCUT2D eigenvalue weighted by atomic mass is 32.2. The Morgan fingerprint density at radius 3 is 3.20 bits per heavy atom. The van der Waals surface area contributed by atoms with Crippen molar-refractivity contribution in [1.29, 1.82) is 0 Å². The Hall–Kier alpha value is -0.740. The highest BCUT2D eigenvalue weighted by Crippen LogP contribution is 2.21. The molecule has 3 nitrogen and oxygen atoms in total. The lowest BCUT2D eigenvalue weighted by molar-refractivity contribution is 0.0899. The number of Topliss-reactive ketones (excluding diaryl/α,β-unsaturated/α-hetero) is 1. The quantitative estimate of drug-likeness (QED) is 0.733. The summed E-state index contributed by atoms with van der Waals surface area (Å²) in [7, 11) is 2.01. The molecule has 0 saturated carbocycles. The van der Waals surface area contributed by atoms with Crippen LogP contribution in [0, 0.1) is 0 Å². The summed E-state index contributed by atoms with van der Waals surface area (Å²) in [4.78, 5) is 13.9. The van der Waals surface area contributed by atoms with Crippen LogP contribution in [0.4, 0.5) is 0 Å². The SMILES string of the molecule is CN(CC(=O)c1ccco1)C1CCSC1. The van der Waals surface area contributed by atoms with Crippen LogP contribution in [0.3, 0.4) is 0 Å². The summed E-state index contributed by atoms with van der Waals surface area (Å²) in [6.07, 6.45) is 2.73. The molecule has 0 bridgehead atoms. The van der Waals surface area contributed by atoms with Gasteiger partial charge in [0, 0.05) is 11.8 Å². The van der Waals surface area contributed by atoms with Crippen LogP contribution in [-0.2, 0) is 0 Å². The van der Waals surface area contributed by atoms with Crippen molar-refractivity contribution in [1.82, 2.24) is 4.90 Å². The highest BCUT2D eigenvalue weighted by molar-refractivity contribution is 7.99. The predicted molar refractivity (Wildman–Crippen MR) is 61.4 cm³/mol. The Morgan fingerprint density at radius 2 is 2.60 bits per heavy atom. The van der Waals surface area contributed by atoms with Crippen molar-refractivity contribution in [3.8, 4) is 0 Å². The molecule has 1 aliphatic heterocycles. The fourth-order valence-corrected chi connectivity index (χ4v) is 3.04. The minimum atomic E-state index is 0.0689. The maximum absolute atomic E-state index is 11.7. The van der Waals surface area contributed by atoms with Crippen LogP contribution < -0.4 is 0 Å². The van der Waals surface area contributed by atoms with E-state index in [0.717, 1.165) is 5.75 Å². The van der Waals surface area contributed by atoms with E-state index in [1.807, 2.05) is 18.8 Å². The van der Waals surface area contributed by atoms with Crippen molar-refractivity contribution in [2.45, 2.75) is 12.5 Å². The Balaban J connectivity index is 1.88. The summed E-state index contributed by atoms with van der Waals surface area (Å²) in [5.74, 6) is 2.89. The molecule has 0 spiro atoms. The number of nitrogens with zero attached hydrogens (tertiary/aromatic N) is 1. The summed E-state index contributed by atoms with van der Waals surface area (Å²) in [5, 5.41) is 0. The summed E-state index contributed by atoms with van der Waals surface area (Å²) in [6, 6.07) is 4.02. The van der Waals surface area contributed by atoms with E-state index in [-0.39, 0.29) is 5.78 Å². The summed E-state index contributed by atoms with van der Waals surface area (Å²) >= 11 is 1.96. The third kappa shape index (κ3) is 2.63. The topological polar surface area (TPSA) is 33.5 Å². The second-order valence-electron chi connectivity index (χ2n) is 3.83. The van der Waals surface area contributed by atoms with E-state index in [9.17, 15) is 4.79 Å². The van der Waals surface area contributed by atoms with Gasteiger partial charge in [0.25, 0.3) is 0 Å². The van der Waals surface area contributed by atoms with E-state index in [2.05, 4.69) is 4.90 Å². The second-order valence-corrected chi connectivity index (χ2v) is 4.98.